The maximum absolute atomic E-state index is 4.56. The lowest BCUT2D eigenvalue weighted by atomic mass is 9.95. The number of fused-ring (bicyclic) bond motifs is 1. The van der Waals surface area contributed by atoms with Crippen LogP contribution in [-0.4, -0.2) is 62.2 Å². The fourth-order valence-electron chi connectivity index (χ4n) is 5.13. The van der Waals surface area contributed by atoms with Crippen molar-refractivity contribution in [2.75, 3.05) is 26.2 Å². The van der Waals surface area contributed by atoms with E-state index in [1.165, 1.54) is 62.9 Å². The van der Waals surface area contributed by atoms with E-state index in [-0.39, 0.29) is 6.04 Å². The van der Waals surface area contributed by atoms with Gasteiger partial charge in [0.15, 0.2) is 5.82 Å². The molecule has 2 saturated heterocycles. The van der Waals surface area contributed by atoms with Crippen molar-refractivity contribution in [3.63, 3.8) is 0 Å². The standard InChI is InChI=1S/C19H28N6S/c1-2-6-15(7-3-1)25-19(20-21-22-25)18(17-9-5-13-26-17)24-12-11-23-10-4-8-16(23)14-24/h5,9,13,15-16,18H,1-4,6-8,10-12,14H2/t16-,18+/m1/s1. The predicted octanol–water partition coefficient (Wildman–Crippen LogP) is 3.11. The van der Waals surface area contributed by atoms with Gasteiger partial charge in [-0.25, -0.2) is 4.68 Å². The highest BCUT2D eigenvalue weighted by atomic mass is 32.1. The van der Waals surface area contributed by atoms with Crippen LogP contribution in [-0.2, 0) is 0 Å². The lowest BCUT2D eigenvalue weighted by Crippen LogP contribution is -2.51. The fraction of sp³-hybridized carbons (Fsp3) is 0.737. The van der Waals surface area contributed by atoms with Gasteiger partial charge >= 0.3 is 0 Å². The van der Waals surface area contributed by atoms with Gasteiger partial charge in [-0.3, -0.25) is 9.80 Å². The summed E-state index contributed by atoms with van der Waals surface area (Å²) in [6, 6.07) is 5.81. The summed E-state index contributed by atoms with van der Waals surface area (Å²) in [4.78, 5) is 6.69. The fourth-order valence-corrected chi connectivity index (χ4v) is 5.99. The molecule has 0 radical (unpaired) electrons. The maximum atomic E-state index is 4.56. The SMILES string of the molecule is c1csc([C@@H](c2nnnn2C2CCCCC2)N2CCN3CCC[C@@H]3C2)c1. The molecule has 140 valence electrons. The van der Waals surface area contributed by atoms with Crippen LogP contribution in [0.2, 0.25) is 0 Å². The predicted molar refractivity (Wildman–Crippen MR) is 102 cm³/mol. The third-order valence-electron chi connectivity index (χ3n) is 6.48. The Bertz CT molecular complexity index is 707. The zero-order valence-corrected chi connectivity index (χ0v) is 16.2. The third kappa shape index (κ3) is 3.10. The van der Waals surface area contributed by atoms with Crippen LogP contribution in [0.5, 0.6) is 0 Å². The van der Waals surface area contributed by atoms with E-state index in [0.717, 1.165) is 18.9 Å². The van der Waals surface area contributed by atoms with Crippen LogP contribution in [0.1, 0.15) is 67.7 Å². The Morgan fingerprint density at radius 2 is 1.88 bits per heavy atom. The number of rotatable bonds is 4. The number of thiophene rings is 1. The molecule has 2 atom stereocenters. The quantitative estimate of drug-likeness (QED) is 0.825. The molecular weight excluding hydrogens is 344 g/mol. The van der Waals surface area contributed by atoms with Crippen LogP contribution >= 0.6 is 11.3 Å². The van der Waals surface area contributed by atoms with Gasteiger partial charge in [0.25, 0.3) is 0 Å². The summed E-state index contributed by atoms with van der Waals surface area (Å²) in [5.41, 5.74) is 0. The molecule has 4 heterocycles. The Hall–Kier alpha value is -1.31. The van der Waals surface area contributed by atoms with Crippen molar-refractivity contribution in [1.29, 1.82) is 0 Å². The van der Waals surface area contributed by atoms with Crippen molar-refractivity contribution < 1.29 is 0 Å². The van der Waals surface area contributed by atoms with E-state index >= 15 is 0 Å². The molecule has 26 heavy (non-hydrogen) atoms. The zero-order chi connectivity index (χ0) is 17.3. The first kappa shape index (κ1) is 16.8. The molecule has 5 rings (SSSR count). The lowest BCUT2D eigenvalue weighted by Gasteiger charge is -2.41. The first-order valence-corrected chi connectivity index (χ1v) is 11.1. The summed E-state index contributed by atoms with van der Waals surface area (Å²) in [6.45, 7) is 4.70. The molecule has 0 unspecified atom stereocenters. The number of piperazine rings is 1. The lowest BCUT2D eigenvalue weighted by molar-refractivity contribution is 0.0792. The molecule has 0 spiro atoms. The molecule has 3 aliphatic rings. The van der Waals surface area contributed by atoms with Crippen LogP contribution in [0, 0.1) is 0 Å². The molecule has 2 aromatic heterocycles. The second-order valence-electron chi connectivity index (χ2n) is 8.02. The van der Waals surface area contributed by atoms with E-state index in [0.29, 0.717) is 12.1 Å². The van der Waals surface area contributed by atoms with Crippen molar-refractivity contribution in [2.24, 2.45) is 0 Å². The summed E-state index contributed by atoms with van der Waals surface area (Å²) >= 11 is 1.84. The second-order valence-corrected chi connectivity index (χ2v) is 9.00. The molecule has 0 N–H and O–H groups in total. The van der Waals surface area contributed by atoms with E-state index in [2.05, 4.69) is 47.5 Å². The topological polar surface area (TPSA) is 50.1 Å². The molecule has 2 aliphatic heterocycles. The smallest absolute Gasteiger partial charge is 0.174 e. The first-order chi connectivity index (χ1) is 12.9. The summed E-state index contributed by atoms with van der Waals surface area (Å²) < 4.78 is 2.17. The van der Waals surface area contributed by atoms with Gasteiger partial charge in [-0.2, -0.15) is 0 Å². The van der Waals surface area contributed by atoms with Gasteiger partial charge < -0.3 is 0 Å². The van der Waals surface area contributed by atoms with Gasteiger partial charge in [-0.1, -0.05) is 25.3 Å². The molecular formula is C19H28N6S. The van der Waals surface area contributed by atoms with Gasteiger partial charge in [0, 0.05) is 30.6 Å². The molecule has 7 heteroatoms. The highest BCUT2D eigenvalue weighted by molar-refractivity contribution is 7.10. The maximum Gasteiger partial charge on any atom is 0.174 e. The minimum absolute atomic E-state index is 0.203. The van der Waals surface area contributed by atoms with Gasteiger partial charge in [-0.15, -0.1) is 16.4 Å². The van der Waals surface area contributed by atoms with E-state index in [4.69, 9.17) is 0 Å². The van der Waals surface area contributed by atoms with Gasteiger partial charge in [-0.05, 0) is 54.1 Å². The molecule has 0 aromatic carbocycles. The molecule has 1 aliphatic carbocycles. The van der Waals surface area contributed by atoms with E-state index in [1.54, 1.807) is 0 Å². The normalized spacial score (nSPS) is 26.8. The van der Waals surface area contributed by atoms with Crippen molar-refractivity contribution >= 4 is 11.3 Å². The van der Waals surface area contributed by atoms with E-state index in [9.17, 15) is 0 Å². The average Bonchev–Trinajstić information content (AvgIpc) is 3.44. The van der Waals surface area contributed by atoms with Crippen LogP contribution in [0.25, 0.3) is 0 Å². The highest BCUT2D eigenvalue weighted by Crippen LogP contribution is 2.36. The van der Waals surface area contributed by atoms with E-state index < -0.39 is 0 Å². The summed E-state index contributed by atoms with van der Waals surface area (Å²) in [5, 5.41) is 15.3. The van der Waals surface area contributed by atoms with E-state index in [1.807, 2.05) is 11.3 Å². The number of nitrogens with zero attached hydrogens (tertiary/aromatic N) is 6. The number of aromatic nitrogens is 4. The Kier molecular flexibility index (Phi) is 4.77. The summed E-state index contributed by atoms with van der Waals surface area (Å²) in [7, 11) is 0. The largest absolute Gasteiger partial charge is 0.298 e. The minimum Gasteiger partial charge on any atom is -0.298 e. The summed E-state index contributed by atoms with van der Waals surface area (Å²) in [6.07, 6.45) is 9.06. The Labute approximate surface area is 159 Å². The van der Waals surface area contributed by atoms with Crippen molar-refractivity contribution in [1.82, 2.24) is 30.0 Å². The third-order valence-corrected chi connectivity index (χ3v) is 7.40. The Morgan fingerprint density at radius 3 is 2.73 bits per heavy atom. The Balaban J connectivity index is 1.47. The van der Waals surface area contributed by atoms with Crippen LogP contribution in [0.3, 0.4) is 0 Å². The monoisotopic (exact) mass is 372 g/mol. The number of tetrazole rings is 1. The Morgan fingerprint density at radius 1 is 1.00 bits per heavy atom. The molecule has 2 aromatic rings. The van der Waals surface area contributed by atoms with Gasteiger partial charge in [0.05, 0.1) is 6.04 Å². The van der Waals surface area contributed by atoms with Crippen LogP contribution in [0.15, 0.2) is 17.5 Å². The molecule has 0 bridgehead atoms. The number of hydrogen-bond acceptors (Lipinski definition) is 6. The summed E-state index contributed by atoms with van der Waals surface area (Å²) in [5.74, 6) is 1.06. The molecule has 3 fully saturated rings. The molecule has 1 saturated carbocycles. The first-order valence-electron chi connectivity index (χ1n) is 10.2. The van der Waals surface area contributed by atoms with Crippen LogP contribution in [0.4, 0.5) is 0 Å². The van der Waals surface area contributed by atoms with Crippen molar-refractivity contribution in [3.8, 4) is 0 Å². The van der Waals surface area contributed by atoms with Crippen molar-refractivity contribution in [3.05, 3.63) is 28.2 Å². The molecule has 0 amide bonds. The van der Waals surface area contributed by atoms with Crippen molar-refractivity contribution in [2.45, 2.75) is 63.1 Å². The van der Waals surface area contributed by atoms with Gasteiger partial charge in [0.1, 0.15) is 6.04 Å². The van der Waals surface area contributed by atoms with Gasteiger partial charge in [0.2, 0.25) is 0 Å². The highest BCUT2D eigenvalue weighted by Gasteiger charge is 2.37. The van der Waals surface area contributed by atoms with Crippen LogP contribution < -0.4 is 0 Å². The molecule has 6 nitrogen and oxygen atoms in total. The second kappa shape index (κ2) is 7.37. The number of hydrogen-bond donors (Lipinski definition) is 0. The zero-order valence-electron chi connectivity index (χ0n) is 15.3. The average molecular weight is 373 g/mol. The minimum atomic E-state index is 0.203.